The van der Waals surface area contributed by atoms with Crippen molar-refractivity contribution in [3.8, 4) is 0 Å². The van der Waals surface area contributed by atoms with Crippen LogP contribution in [0.15, 0.2) is 18.2 Å². The van der Waals surface area contributed by atoms with Gasteiger partial charge in [0.25, 0.3) is 0 Å². The number of fused-ring (bicyclic) bond motifs is 1. The largest absolute Gasteiger partial charge is 0.298 e. The van der Waals surface area contributed by atoms with Crippen LogP contribution in [0.3, 0.4) is 0 Å². The Morgan fingerprint density at radius 1 is 0.917 bits per heavy atom. The maximum atomic E-state index is 6.47. The molecule has 3 aliphatic rings. The maximum absolute atomic E-state index is 6.47. The number of halogens is 2. The summed E-state index contributed by atoms with van der Waals surface area (Å²) in [6, 6.07) is 7.47. The van der Waals surface area contributed by atoms with Crippen LogP contribution in [-0.4, -0.2) is 41.5 Å². The highest BCUT2D eigenvalue weighted by Crippen LogP contribution is 2.38. The van der Waals surface area contributed by atoms with Crippen molar-refractivity contribution in [2.45, 2.75) is 63.6 Å². The van der Waals surface area contributed by atoms with Crippen LogP contribution in [0.2, 0.25) is 10.0 Å². The van der Waals surface area contributed by atoms with Crippen LogP contribution in [0.4, 0.5) is 0 Å². The van der Waals surface area contributed by atoms with E-state index in [4.69, 9.17) is 23.2 Å². The van der Waals surface area contributed by atoms with Gasteiger partial charge in [-0.05, 0) is 55.8 Å². The van der Waals surface area contributed by atoms with Gasteiger partial charge in [0.2, 0.25) is 0 Å². The third kappa shape index (κ3) is 3.49. The van der Waals surface area contributed by atoms with E-state index >= 15 is 0 Å². The molecule has 0 aromatic heterocycles. The predicted molar refractivity (Wildman–Crippen MR) is 102 cm³/mol. The number of piperazine rings is 1. The smallest absolute Gasteiger partial charge is 0.0465 e. The first-order valence-electron chi connectivity index (χ1n) is 9.64. The van der Waals surface area contributed by atoms with Crippen LogP contribution in [-0.2, 0) is 6.54 Å². The standard InChI is InChI=1S/C20H28Cl2N2/c21-17-9-8-16(18(22)13-17)14-24-12-11-23-10-4-7-19(23)20(24)15-5-2-1-3-6-15/h8-9,13,15,19-20H,1-7,10-12,14H2. The average molecular weight is 367 g/mol. The van der Waals surface area contributed by atoms with Crippen molar-refractivity contribution in [2.75, 3.05) is 19.6 Å². The second-order valence-corrected chi connectivity index (χ2v) is 8.68. The first-order chi connectivity index (χ1) is 11.7. The van der Waals surface area contributed by atoms with Crippen molar-refractivity contribution in [3.63, 3.8) is 0 Å². The van der Waals surface area contributed by atoms with E-state index in [9.17, 15) is 0 Å². The summed E-state index contributed by atoms with van der Waals surface area (Å²) in [6.07, 6.45) is 9.86. The van der Waals surface area contributed by atoms with Crippen molar-refractivity contribution < 1.29 is 0 Å². The molecule has 0 amide bonds. The van der Waals surface area contributed by atoms with Crippen LogP contribution in [0.5, 0.6) is 0 Å². The van der Waals surface area contributed by atoms with E-state index in [1.165, 1.54) is 70.1 Å². The van der Waals surface area contributed by atoms with Gasteiger partial charge in [0.15, 0.2) is 0 Å². The lowest BCUT2D eigenvalue weighted by atomic mass is 9.78. The number of nitrogens with zero attached hydrogens (tertiary/aromatic N) is 2. The van der Waals surface area contributed by atoms with Gasteiger partial charge in [-0.25, -0.2) is 0 Å². The summed E-state index contributed by atoms with van der Waals surface area (Å²) in [6.45, 7) is 4.68. The van der Waals surface area contributed by atoms with Gasteiger partial charge in [0.1, 0.15) is 0 Å². The number of benzene rings is 1. The first-order valence-corrected chi connectivity index (χ1v) is 10.4. The second-order valence-electron chi connectivity index (χ2n) is 7.84. The molecule has 0 spiro atoms. The molecule has 3 fully saturated rings. The SMILES string of the molecule is Clc1ccc(CN2CCN3CCCC3C2C2CCCCC2)c(Cl)c1. The molecule has 4 heteroatoms. The van der Waals surface area contributed by atoms with Crippen LogP contribution >= 0.6 is 23.2 Å². The Balaban J connectivity index is 1.56. The summed E-state index contributed by atoms with van der Waals surface area (Å²) in [5.41, 5.74) is 1.23. The fraction of sp³-hybridized carbons (Fsp3) is 0.700. The first kappa shape index (κ1) is 17.1. The molecule has 2 unspecified atom stereocenters. The van der Waals surface area contributed by atoms with Gasteiger partial charge in [-0.15, -0.1) is 0 Å². The normalized spacial score (nSPS) is 29.8. The topological polar surface area (TPSA) is 6.48 Å². The molecule has 2 heterocycles. The minimum atomic E-state index is 0.716. The molecular weight excluding hydrogens is 339 g/mol. The Morgan fingerprint density at radius 3 is 2.54 bits per heavy atom. The highest BCUT2D eigenvalue weighted by Gasteiger charge is 2.42. The van der Waals surface area contributed by atoms with Crippen LogP contribution < -0.4 is 0 Å². The third-order valence-corrected chi connectivity index (χ3v) is 7.01. The van der Waals surface area contributed by atoms with Crippen molar-refractivity contribution >= 4 is 23.2 Å². The summed E-state index contributed by atoms with van der Waals surface area (Å²) in [4.78, 5) is 5.51. The Morgan fingerprint density at radius 2 is 1.75 bits per heavy atom. The molecule has 24 heavy (non-hydrogen) atoms. The molecule has 2 saturated heterocycles. The number of rotatable bonds is 3. The Labute approximate surface area is 156 Å². The monoisotopic (exact) mass is 366 g/mol. The molecule has 2 nitrogen and oxygen atoms in total. The van der Waals surface area contributed by atoms with Crippen molar-refractivity contribution in [2.24, 2.45) is 5.92 Å². The minimum absolute atomic E-state index is 0.716. The molecule has 1 aliphatic carbocycles. The van der Waals surface area contributed by atoms with E-state index in [0.717, 1.165) is 28.5 Å². The van der Waals surface area contributed by atoms with Gasteiger partial charge in [-0.1, -0.05) is 48.5 Å². The minimum Gasteiger partial charge on any atom is -0.298 e. The van der Waals surface area contributed by atoms with Crippen LogP contribution in [0.25, 0.3) is 0 Å². The molecule has 0 radical (unpaired) electrons. The molecule has 0 N–H and O–H groups in total. The van der Waals surface area contributed by atoms with E-state index < -0.39 is 0 Å². The van der Waals surface area contributed by atoms with E-state index in [-0.39, 0.29) is 0 Å². The average Bonchev–Trinajstić information content (AvgIpc) is 3.06. The van der Waals surface area contributed by atoms with E-state index in [2.05, 4.69) is 15.9 Å². The zero-order chi connectivity index (χ0) is 16.5. The van der Waals surface area contributed by atoms with E-state index in [0.29, 0.717) is 6.04 Å². The summed E-state index contributed by atoms with van der Waals surface area (Å²) in [5.74, 6) is 0.871. The zero-order valence-corrected chi connectivity index (χ0v) is 15.9. The van der Waals surface area contributed by atoms with Crippen LogP contribution in [0.1, 0.15) is 50.5 Å². The molecule has 1 aromatic rings. The fourth-order valence-electron chi connectivity index (χ4n) is 5.31. The molecule has 2 aliphatic heterocycles. The second kappa shape index (κ2) is 7.53. The lowest BCUT2D eigenvalue weighted by Gasteiger charge is -2.49. The van der Waals surface area contributed by atoms with Gasteiger partial charge < -0.3 is 0 Å². The maximum Gasteiger partial charge on any atom is 0.0465 e. The predicted octanol–water partition coefficient (Wildman–Crippen LogP) is 5.22. The van der Waals surface area contributed by atoms with E-state index in [1.54, 1.807) is 0 Å². The molecule has 1 aromatic carbocycles. The number of hydrogen-bond donors (Lipinski definition) is 0. The lowest BCUT2D eigenvalue weighted by molar-refractivity contribution is -0.00378. The highest BCUT2D eigenvalue weighted by molar-refractivity contribution is 6.35. The van der Waals surface area contributed by atoms with Crippen molar-refractivity contribution in [3.05, 3.63) is 33.8 Å². The molecule has 132 valence electrons. The molecule has 2 atom stereocenters. The fourth-order valence-corrected chi connectivity index (χ4v) is 5.78. The molecule has 0 bridgehead atoms. The summed E-state index contributed by atoms with van der Waals surface area (Å²) < 4.78 is 0. The number of hydrogen-bond acceptors (Lipinski definition) is 2. The van der Waals surface area contributed by atoms with Gasteiger partial charge in [0, 0.05) is 41.8 Å². The summed E-state index contributed by atoms with van der Waals surface area (Å²) in [7, 11) is 0. The summed E-state index contributed by atoms with van der Waals surface area (Å²) in [5, 5.41) is 1.55. The molecule has 1 saturated carbocycles. The van der Waals surface area contributed by atoms with Gasteiger partial charge in [0.05, 0.1) is 0 Å². The Kier molecular flexibility index (Phi) is 5.38. The van der Waals surface area contributed by atoms with Gasteiger partial charge in [-0.3, -0.25) is 9.80 Å². The van der Waals surface area contributed by atoms with E-state index in [1.807, 2.05) is 12.1 Å². The quantitative estimate of drug-likeness (QED) is 0.723. The van der Waals surface area contributed by atoms with Crippen molar-refractivity contribution in [1.29, 1.82) is 0 Å². The summed E-state index contributed by atoms with van der Waals surface area (Å²) >= 11 is 12.6. The lowest BCUT2D eigenvalue weighted by Crippen LogP contribution is -2.59. The Bertz CT molecular complexity index is 571. The van der Waals surface area contributed by atoms with Crippen molar-refractivity contribution in [1.82, 2.24) is 9.80 Å². The molecular formula is C20H28Cl2N2. The highest BCUT2D eigenvalue weighted by atomic mass is 35.5. The molecule has 4 rings (SSSR count). The zero-order valence-electron chi connectivity index (χ0n) is 14.4. The van der Waals surface area contributed by atoms with Gasteiger partial charge >= 0.3 is 0 Å². The third-order valence-electron chi connectivity index (χ3n) is 6.43. The Hall–Kier alpha value is -0.280. The van der Waals surface area contributed by atoms with Gasteiger partial charge in [-0.2, -0.15) is 0 Å². The van der Waals surface area contributed by atoms with Crippen LogP contribution in [0, 0.1) is 5.92 Å².